The van der Waals surface area contributed by atoms with Crippen LogP contribution in [0.2, 0.25) is 0 Å². The molecule has 25 heavy (non-hydrogen) atoms. The summed E-state index contributed by atoms with van der Waals surface area (Å²) in [7, 11) is 0. The second kappa shape index (κ2) is 6.07. The van der Waals surface area contributed by atoms with Crippen molar-refractivity contribution in [3.63, 3.8) is 0 Å². The van der Waals surface area contributed by atoms with E-state index in [0.29, 0.717) is 5.69 Å². The van der Waals surface area contributed by atoms with Crippen LogP contribution in [-0.4, -0.2) is 35.4 Å². The largest absolute Gasteiger partial charge is 0.368 e. The summed E-state index contributed by atoms with van der Waals surface area (Å²) in [5, 5.41) is 3.24. The third kappa shape index (κ3) is 2.55. The quantitative estimate of drug-likeness (QED) is 0.827. The Balaban J connectivity index is 1.72. The fraction of sp³-hybridized carbons (Fsp3) is 0.235. The molecule has 8 heteroatoms. The van der Waals surface area contributed by atoms with E-state index in [2.05, 4.69) is 0 Å². The zero-order valence-electron chi connectivity index (χ0n) is 13.1. The molecule has 0 aliphatic carbocycles. The lowest BCUT2D eigenvalue weighted by Gasteiger charge is -2.25. The molecule has 2 aromatic rings. The summed E-state index contributed by atoms with van der Waals surface area (Å²) in [5.41, 5.74) is 5.80. The standard InChI is InChI=1S/C17H15N3O4S/c18-12(21)9-19-14(11-7-4-8-25-11)13-15(24-19)17(23)20(16(13)22)10-5-2-1-3-6-10/h1-8,13-15H,9H2,(H2,18,21). The number of hydrogen-bond acceptors (Lipinski definition) is 6. The van der Waals surface area contributed by atoms with Gasteiger partial charge in [0.25, 0.3) is 5.91 Å². The van der Waals surface area contributed by atoms with Crippen LogP contribution in [0.3, 0.4) is 0 Å². The van der Waals surface area contributed by atoms with Gasteiger partial charge in [-0.3, -0.25) is 19.2 Å². The first-order valence-corrected chi connectivity index (χ1v) is 8.64. The van der Waals surface area contributed by atoms with Crippen LogP contribution < -0.4 is 10.6 Å². The molecule has 128 valence electrons. The number of para-hydroxylation sites is 1. The zero-order chi connectivity index (χ0) is 17.6. The third-order valence-corrected chi connectivity index (χ3v) is 5.30. The molecule has 4 rings (SSSR count). The Labute approximate surface area is 147 Å². The number of hydrogen-bond donors (Lipinski definition) is 1. The molecular formula is C17H15N3O4S. The van der Waals surface area contributed by atoms with Gasteiger partial charge in [0.2, 0.25) is 11.8 Å². The van der Waals surface area contributed by atoms with Gasteiger partial charge in [-0.05, 0) is 23.6 Å². The Kier molecular flexibility index (Phi) is 3.87. The van der Waals surface area contributed by atoms with Crippen molar-refractivity contribution in [1.29, 1.82) is 0 Å². The average Bonchev–Trinajstić information content (AvgIpc) is 3.26. The first-order chi connectivity index (χ1) is 12.1. The van der Waals surface area contributed by atoms with Crippen LogP contribution in [0.25, 0.3) is 0 Å². The van der Waals surface area contributed by atoms with Crippen LogP contribution in [0.5, 0.6) is 0 Å². The number of benzene rings is 1. The van der Waals surface area contributed by atoms with Crippen molar-refractivity contribution >= 4 is 34.7 Å². The summed E-state index contributed by atoms with van der Waals surface area (Å²) in [4.78, 5) is 44.9. The van der Waals surface area contributed by atoms with E-state index < -0.39 is 29.9 Å². The van der Waals surface area contributed by atoms with E-state index in [-0.39, 0.29) is 12.5 Å². The minimum Gasteiger partial charge on any atom is -0.368 e. The highest BCUT2D eigenvalue weighted by molar-refractivity contribution is 7.10. The number of thiophene rings is 1. The molecule has 0 saturated carbocycles. The van der Waals surface area contributed by atoms with E-state index in [4.69, 9.17) is 10.6 Å². The van der Waals surface area contributed by atoms with Gasteiger partial charge >= 0.3 is 0 Å². The number of amides is 3. The lowest BCUT2D eigenvalue weighted by Crippen LogP contribution is -2.39. The molecule has 2 aliphatic rings. The Morgan fingerprint density at radius 2 is 1.88 bits per heavy atom. The number of nitrogens with two attached hydrogens (primary N) is 1. The highest BCUT2D eigenvalue weighted by Gasteiger charge is 2.60. The van der Waals surface area contributed by atoms with Crippen LogP contribution in [0.4, 0.5) is 5.69 Å². The number of anilines is 1. The van der Waals surface area contributed by atoms with Crippen LogP contribution in [0.1, 0.15) is 10.9 Å². The van der Waals surface area contributed by atoms with Gasteiger partial charge in [-0.15, -0.1) is 11.3 Å². The first kappa shape index (κ1) is 15.9. The highest BCUT2D eigenvalue weighted by Crippen LogP contribution is 2.46. The van der Waals surface area contributed by atoms with Gasteiger partial charge in [-0.2, -0.15) is 5.06 Å². The van der Waals surface area contributed by atoms with Gasteiger partial charge in [-0.25, -0.2) is 4.90 Å². The van der Waals surface area contributed by atoms with Gasteiger partial charge < -0.3 is 5.73 Å². The van der Waals surface area contributed by atoms with Crippen molar-refractivity contribution in [1.82, 2.24) is 5.06 Å². The van der Waals surface area contributed by atoms with Crippen LogP contribution in [0.15, 0.2) is 47.8 Å². The SMILES string of the molecule is NC(=O)CN1OC2C(=O)N(c3ccccc3)C(=O)C2C1c1cccs1. The lowest BCUT2D eigenvalue weighted by molar-refractivity contribution is -0.175. The molecule has 3 heterocycles. The summed E-state index contributed by atoms with van der Waals surface area (Å²) in [6, 6.07) is 12.0. The van der Waals surface area contributed by atoms with E-state index in [9.17, 15) is 14.4 Å². The molecule has 2 saturated heterocycles. The van der Waals surface area contributed by atoms with Crippen LogP contribution in [0, 0.1) is 5.92 Å². The minimum absolute atomic E-state index is 0.179. The maximum absolute atomic E-state index is 13.0. The lowest BCUT2D eigenvalue weighted by atomic mass is 9.95. The van der Waals surface area contributed by atoms with Crippen molar-refractivity contribution in [3.8, 4) is 0 Å². The molecule has 1 aromatic carbocycles. The molecule has 2 fully saturated rings. The molecule has 2 N–H and O–H groups in total. The van der Waals surface area contributed by atoms with E-state index in [1.54, 1.807) is 24.3 Å². The number of carbonyl (C=O) groups excluding carboxylic acids is 3. The predicted octanol–water partition coefficient (Wildman–Crippen LogP) is 1.08. The second-order valence-corrected chi connectivity index (χ2v) is 6.88. The monoisotopic (exact) mass is 357 g/mol. The van der Waals surface area contributed by atoms with Crippen LogP contribution in [-0.2, 0) is 19.2 Å². The summed E-state index contributed by atoms with van der Waals surface area (Å²) >= 11 is 1.44. The minimum atomic E-state index is -0.945. The topological polar surface area (TPSA) is 92.9 Å². The molecule has 0 bridgehead atoms. The zero-order valence-corrected chi connectivity index (χ0v) is 13.9. The Hall–Kier alpha value is -2.55. The van der Waals surface area contributed by atoms with E-state index in [1.165, 1.54) is 16.4 Å². The fourth-order valence-corrected chi connectivity index (χ4v) is 4.24. The molecule has 3 amide bonds. The number of primary amides is 1. The smallest absolute Gasteiger partial charge is 0.265 e. The Morgan fingerprint density at radius 1 is 1.12 bits per heavy atom. The fourth-order valence-electron chi connectivity index (χ4n) is 3.37. The first-order valence-electron chi connectivity index (χ1n) is 7.76. The van der Waals surface area contributed by atoms with Gasteiger partial charge in [0.05, 0.1) is 17.6 Å². The van der Waals surface area contributed by atoms with Crippen LogP contribution >= 0.6 is 11.3 Å². The van der Waals surface area contributed by atoms with Gasteiger partial charge in [-0.1, -0.05) is 24.3 Å². The summed E-state index contributed by atoms with van der Waals surface area (Å²) in [6.07, 6.45) is -0.945. The summed E-state index contributed by atoms with van der Waals surface area (Å²) in [6.45, 7) is -0.179. The van der Waals surface area contributed by atoms with E-state index in [1.807, 2.05) is 23.6 Å². The number of carbonyl (C=O) groups is 3. The molecule has 3 unspecified atom stereocenters. The molecule has 3 atom stereocenters. The molecule has 0 radical (unpaired) electrons. The molecule has 2 aliphatic heterocycles. The van der Waals surface area contributed by atoms with Crippen molar-refractivity contribution in [2.24, 2.45) is 11.7 Å². The Morgan fingerprint density at radius 3 is 2.52 bits per heavy atom. The predicted molar refractivity (Wildman–Crippen MR) is 90.3 cm³/mol. The van der Waals surface area contributed by atoms with Gasteiger partial charge in [0.1, 0.15) is 6.54 Å². The molecule has 7 nitrogen and oxygen atoms in total. The molecular weight excluding hydrogens is 342 g/mol. The van der Waals surface area contributed by atoms with Gasteiger partial charge in [0.15, 0.2) is 6.10 Å². The van der Waals surface area contributed by atoms with Crippen molar-refractivity contribution in [3.05, 3.63) is 52.7 Å². The summed E-state index contributed by atoms with van der Waals surface area (Å²) < 4.78 is 0. The molecule has 0 spiro atoms. The maximum Gasteiger partial charge on any atom is 0.265 e. The number of fused-ring (bicyclic) bond motifs is 1. The maximum atomic E-state index is 13.0. The normalized spacial score (nSPS) is 26.2. The highest BCUT2D eigenvalue weighted by atomic mass is 32.1. The second-order valence-electron chi connectivity index (χ2n) is 5.90. The number of rotatable bonds is 4. The van der Waals surface area contributed by atoms with E-state index >= 15 is 0 Å². The van der Waals surface area contributed by atoms with Crippen molar-refractivity contribution < 1.29 is 19.2 Å². The number of imide groups is 1. The van der Waals surface area contributed by atoms with Crippen molar-refractivity contribution in [2.75, 3.05) is 11.4 Å². The van der Waals surface area contributed by atoms with Gasteiger partial charge in [0, 0.05) is 4.88 Å². The third-order valence-electron chi connectivity index (χ3n) is 4.36. The summed E-state index contributed by atoms with van der Waals surface area (Å²) in [5.74, 6) is -2.03. The number of hydroxylamine groups is 2. The molecule has 1 aromatic heterocycles. The number of nitrogens with zero attached hydrogens (tertiary/aromatic N) is 2. The average molecular weight is 357 g/mol. The Bertz CT molecular complexity index is 824. The van der Waals surface area contributed by atoms with E-state index in [0.717, 1.165) is 9.78 Å². The van der Waals surface area contributed by atoms with Crippen molar-refractivity contribution in [2.45, 2.75) is 12.1 Å².